The van der Waals surface area contributed by atoms with Crippen LogP contribution >= 0.6 is 0 Å². The van der Waals surface area contributed by atoms with Gasteiger partial charge in [0, 0.05) is 12.1 Å². The molecule has 0 spiro atoms. The van der Waals surface area contributed by atoms with Crippen LogP contribution in [-0.2, 0) is 9.53 Å². The van der Waals surface area contributed by atoms with Crippen LogP contribution in [0.4, 0.5) is 0 Å². The molecule has 0 saturated carbocycles. The van der Waals surface area contributed by atoms with Crippen molar-refractivity contribution in [3.8, 4) is 0 Å². The van der Waals surface area contributed by atoms with Crippen LogP contribution in [0.5, 0.6) is 0 Å². The lowest BCUT2D eigenvalue weighted by atomic mass is 10.0. The highest BCUT2D eigenvalue weighted by atomic mass is 16.5. The molecule has 1 saturated heterocycles. The van der Waals surface area contributed by atoms with Gasteiger partial charge in [-0.25, -0.2) is 0 Å². The Kier molecular flexibility index (Phi) is 5.08. The predicted octanol–water partition coefficient (Wildman–Crippen LogP) is 0.655. The predicted molar refractivity (Wildman–Crippen MR) is 57.0 cm³/mol. The van der Waals surface area contributed by atoms with Crippen molar-refractivity contribution in [1.29, 1.82) is 0 Å². The maximum atomic E-state index is 9.60. The Bertz CT molecular complexity index is 165. The van der Waals surface area contributed by atoms with E-state index in [0.29, 0.717) is 6.47 Å². The van der Waals surface area contributed by atoms with Gasteiger partial charge in [-0.05, 0) is 40.7 Å². The summed E-state index contributed by atoms with van der Waals surface area (Å²) < 4.78 is 4.55. The first kappa shape index (κ1) is 13.4. The summed E-state index contributed by atoms with van der Waals surface area (Å²) in [7, 11) is 0. The minimum absolute atomic E-state index is 0.0833. The molecule has 0 radical (unpaired) electrons. The first-order chi connectivity index (χ1) is 6.27. The quantitative estimate of drug-likeness (QED) is 0.613. The molecule has 4 nitrogen and oxygen atoms in total. The van der Waals surface area contributed by atoms with Crippen LogP contribution in [0.1, 0.15) is 34.1 Å². The molecule has 0 bridgehead atoms. The number of hydrogen-bond donors (Lipinski definition) is 2. The fourth-order valence-corrected chi connectivity index (χ4v) is 0.981. The topological polar surface area (TPSA) is 64.3 Å². The lowest BCUT2D eigenvalue weighted by Crippen LogP contribution is -2.37. The summed E-state index contributed by atoms with van der Waals surface area (Å²) in [5.41, 5.74) is 5.48. The molecular formula is C10H22N2O2. The molecule has 84 valence electrons. The van der Waals surface area contributed by atoms with Crippen LogP contribution in [0.3, 0.4) is 0 Å². The molecule has 1 fully saturated rings. The number of hydrogen-bond acceptors (Lipinski definition) is 4. The van der Waals surface area contributed by atoms with Crippen LogP contribution in [0.25, 0.3) is 0 Å². The smallest absolute Gasteiger partial charge is 0.293 e. The normalized spacial score (nSPS) is 26.4. The van der Waals surface area contributed by atoms with E-state index in [9.17, 15) is 4.79 Å². The second-order valence-electron chi connectivity index (χ2n) is 4.91. The monoisotopic (exact) mass is 202 g/mol. The van der Waals surface area contributed by atoms with E-state index in [4.69, 9.17) is 5.73 Å². The van der Waals surface area contributed by atoms with E-state index < -0.39 is 0 Å². The Morgan fingerprint density at radius 3 is 2.14 bits per heavy atom. The van der Waals surface area contributed by atoms with Gasteiger partial charge in [-0.3, -0.25) is 4.79 Å². The third kappa shape index (κ3) is 8.01. The van der Waals surface area contributed by atoms with Gasteiger partial charge < -0.3 is 15.8 Å². The molecule has 1 atom stereocenters. The highest BCUT2D eigenvalue weighted by molar-refractivity contribution is 5.37. The molecule has 1 rings (SSSR count). The number of carbonyl (C=O) groups excluding carboxylic acids is 1. The summed E-state index contributed by atoms with van der Waals surface area (Å²) in [5, 5.41) is 3.19. The number of nitrogens with two attached hydrogens (primary N) is 1. The van der Waals surface area contributed by atoms with Gasteiger partial charge in [-0.15, -0.1) is 0 Å². The standard InChI is InChI=1S/C5H12N2.C5H10O2/c1-5(6)2-3-7-4-5;1-5(2,3)7-4-6/h7H,2-4,6H2,1H3;4H,1-3H3. The second kappa shape index (κ2) is 5.32. The molecule has 0 aromatic rings. The second-order valence-corrected chi connectivity index (χ2v) is 4.91. The molecule has 1 unspecified atom stereocenters. The first-order valence-corrected chi connectivity index (χ1v) is 4.88. The third-order valence-electron chi connectivity index (χ3n) is 1.80. The molecular weight excluding hydrogens is 180 g/mol. The Hall–Kier alpha value is -0.610. The lowest BCUT2D eigenvalue weighted by Gasteiger charge is -2.14. The average molecular weight is 202 g/mol. The molecule has 1 aliphatic heterocycles. The molecule has 1 aliphatic rings. The molecule has 4 heteroatoms. The van der Waals surface area contributed by atoms with Crippen LogP contribution in [0.15, 0.2) is 0 Å². The Labute approximate surface area is 86.2 Å². The molecule has 0 aromatic carbocycles. The summed E-state index contributed by atoms with van der Waals surface area (Å²) in [4.78, 5) is 9.60. The number of rotatable bonds is 1. The average Bonchev–Trinajstić information content (AvgIpc) is 2.32. The zero-order chi connectivity index (χ0) is 11.2. The van der Waals surface area contributed by atoms with Gasteiger partial charge in [0.2, 0.25) is 0 Å². The van der Waals surface area contributed by atoms with E-state index in [0.717, 1.165) is 19.5 Å². The fourth-order valence-electron chi connectivity index (χ4n) is 0.981. The van der Waals surface area contributed by atoms with Gasteiger partial charge in [-0.2, -0.15) is 0 Å². The highest BCUT2D eigenvalue weighted by Crippen LogP contribution is 2.07. The van der Waals surface area contributed by atoms with Gasteiger partial charge in [0.25, 0.3) is 6.47 Å². The first-order valence-electron chi connectivity index (χ1n) is 4.88. The molecule has 1 heterocycles. The molecule has 0 amide bonds. The number of ether oxygens (including phenoxy) is 1. The Morgan fingerprint density at radius 2 is 2.07 bits per heavy atom. The van der Waals surface area contributed by atoms with Crippen molar-refractivity contribution < 1.29 is 9.53 Å². The van der Waals surface area contributed by atoms with Gasteiger partial charge in [0.1, 0.15) is 5.60 Å². The van der Waals surface area contributed by atoms with Crippen molar-refractivity contribution in [2.75, 3.05) is 13.1 Å². The zero-order valence-electron chi connectivity index (χ0n) is 9.59. The maximum Gasteiger partial charge on any atom is 0.293 e. The zero-order valence-corrected chi connectivity index (χ0v) is 9.59. The largest absolute Gasteiger partial charge is 0.462 e. The Morgan fingerprint density at radius 1 is 1.50 bits per heavy atom. The maximum absolute atomic E-state index is 9.60. The minimum atomic E-state index is -0.318. The van der Waals surface area contributed by atoms with Crippen LogP contribution in [0.2, 0.25) is 0 Å². The van der Waals surface area contributed by atoms with E-state index in [-0.39, 0.29) is 11.1 Å². The van der Waals surface area contributed by atoms with Crippen molar-refractivity contribution in [3.63, 3.8) is 0 Å². The van der Waals surface area contributed by atoms with E-state index in [1.54, 1.807) is 0 Å². The summed E-state index contributed by atoms with van der Waals surface area (Å²) >= 11 is 0. The van der Waals surface area contributed by atoms with Crippen molar-refractivity contribution in [2.45, 2.75) is 45.3 Å². The third-order valence-corrected chi connectivity index (χ3v) is 1.80. The van der Waals surface area contributed by atoms with Crippen molar-refractivity contribution in [3.05, 3.63) is 0 Å². The SMILES string of the molecule is CC(C)(C)OC=O.CC1(N)CCNC1. The van der Waals surface area contributed by atoms with Gasteiger partial charge in [0.05, 0.1) is 0 Å². The number of carbonyl (C=O) groups is 1. The van der Waals surface area contributed by atoms with Gasteiger partial charge >= 0.3 is 0 Å². The fraction of sp³-hybridized carbons (Fsp3) is 0.900. The van der Waals surface area contributed by atoms with Crippen molar-refractivity contribution in [2.24, 2.45) is 5.73 Å². The summed E-state index contributed by atoms with van der Waals surface area (Å²) in [5.74, 6) is 0. The summed E-state index contributed by atoms with van der Waals surface area (Å²) in [6.07, 6.45) is 1.12. The molecule has 3 N–H and O–H groups in total. The van der Waals surface area contributed by atoms with Gasteiger partial charge in [0.15, 0.2) is 0 Å². The molecule has 0 aromatic heterocycles. The van der Waals surface area contributed by atoms with Crippen LogP contribution in [-0.4, -0.2) is 30.7 Å². The Balaban J connectivity index is 0.000000241. The highest BCUT2D eigenvalue weighted by Gasteiger charge is 2.22. The van der Waals surface area contributed by atoms with Crippen LogP contribution in [0, 0.1) is 0 Å². The lowest BCUT2D eigenvalue weighted by molar-refractivity contribution is -0.138. The summed E-state index contributed by atoms with van der Waals surface area (Å²) in [6.45, 7) is 10.1. The van der Waals surface area contributed by atoms with Gasteiger partial charge in [-0.1, -0.05) is 0 Å². The van der Waals surface area contributed by atoms with Crippen molar-refractivity contribution in [1.82, 2.24) is 5.32 Å². The van der Waals surface area contributed by atoms with E-state index in [2.05, 4.69) is 17.0 Å². The van der Waals surface area contributed by atoms with E-state index in [1.807, 2.05) is 20.8 Å². The van der Waals surface area contributed by atoms with Crippen LogP contribution < -0.4 is 11.1 Å². The summed E-state index contributed by atoms with van der Waals surface area (Å²) in [6, 6.07) is 0. The van der Waals surface area contributed by atoms with E-state index >= 15 is 0 Å². The van der Waals surface area contributed by atoms with Crippen molar-refractivity contribution >= 4 is 6.47 Å². The van der Waals surface area contributed by atoms with E-state index in [1.165, 1.54) is 0 Å². The molecule has 14 heavy (non-hydrogen) atoms. The minimum Gasteiger partial charge on any atom is -0.462 e. The molecule has 0 aliphatic carbocycles. The number of nitrogens with one attached hydrogen (secondary N) is 1.